The van der Waals surface area contributed by atoms with Gasteiger partial charge in [-0.15, -0.1) is 0 Å². The Bertz CT molecular complexity index is 494. The number of benzene rings is 1. The third kappa shape index (κ3) is 4.10. The largest absolute Gasteiger partial charge is 0.355 e. The predicted molar refractivity (Wildman–Crippen MR) is 90.0 cm³/mol. The molecule has 3 nitrogen and oxygen atoms in total. The first-order chi connectivity index (χ1) is 10.8. The molecule has 0 aromatic heterocycles. The zero-order chi connectivity index (χ0) is 15.2. The number of amides is 1. The molecule has 3 rings (SSSR count). The van der Waals surface area contributed by atoms with Crippen LogP contribution in [0.15, 0.2) is 24.3 Å². The zero-order valence-corrected chi connectivity index (χ0v) is 13.4. The van der Waals surface area contributed by atoms with Crippen molar-refractivity contribution in [2.24, 2.45) is 5.92 Å². The van der Waals surface area contributed by atoms with E-state index in [9.17, 15) is 4.79 Å². The quantitative estimate of drug-likeness (QED) is 0.877. The summed E-state index contributed by atoms with van der Waals surface area (Å²) in [4.78, 5) is 12.1. The summed E-state index contributed by atoms with van der Waals surface area (Å²) in [6.07, 6.45) is 7.83. The lowest BCUT2D eigenvalue weighted by Crippen LogP contribution is -2.31. The summed E-state index contributed by atoms with van der Waals surface area (Å²) in [5.41, 5.74) is 2.93. The van der Waals surface area contributed by atoms with Gasteiger partial charge in [0.15, 0.2) is 0 Å². The maximum atomic E-state index is 12.1. The van der Waals surface area contributed by atoms with Gasteiger partial charge in [-0.2, -0.15) is 0 Å². The van der Waals surface area contributed by atoms with Crippen molar-refractivity contribution in [3.63, 3.8) is 0 Å². The van der Waals surface area contributed by atoms with E-state index in [1.165, 1.54) is 43.2 Å². The van der Waals surface area contributed by atoms with Gasteiger partial charge in [0.2, 0.25) is 5.91 Å². The van der Waals surface area contributed by atoms with Crippen molar-refractivity contribution >= 4 is 5.91 Å². The van der Waals surface area contributed by atoms with Crippen molar-refractivity contribution in [2.75, 3.05) is 19.6 Å². The van der Waals surface area contributed by atoms with Crippen LogP contribution in [0, 0.1) is 5.92 Å². The number of nitrogens with one attached hydrogen (secondary N) is 2. The average Bonchev–Trinajstić information content (AvgIpc) is 2.59. The first kappa shape index (κ1) is 15.5. The van der Waals surface area contributed by atoms with Crippen molar-refractivity contribution in [3.05, 3.63) is 35.4 Å². The number of rotatable bonds is 5. The molecule has 0 spiro atoms. The SMILES string of the molecule is O=C(CCC1CCNCC1)NCC1CCCc2ccccc21. The molecule has 1 aromatic rings. The number of carbonyl (C=O) groups is 1. The second-order valence-electron chi connectivity index (χ2n) is 6.82. The molecule has 1 fully saturated rings. The molecule has 1 amide bonds. The molecule has 1 atom stereocenters. The third-order valence-electron chi connectivity index (χ3n) is 5.28. The Labute approximate surface area is 133 Å². The van der Waals surface area contributed by atoms with Crippen LogP contribution in [-0.2, 0) is 11.2 Å². The van der Waals surface area contributed by atoms with E-state index in [2.05, 4.69) is 34.9 Å². The van der Waals surface area contributed by atoms with Crippen LogP contribution in [0.25, 0.3) is 0 Å². The van der Waals surface area contributed by atoms with Crippen LogP contribution in [0.4, 0.5) is 0 Å². The van der Waals surface area contributed by atoms with Crippen molar-refractivity contribution in [3.8, 4) is 0 Å². The normalized spacial score (nSPS) is 22.1. The summed E-state index contributed by atoms with van der Waals surface area (Å²) in [5.74, 6) is 1.48. The van der Waals surface area contributed by atoms with Gasteiger partial charge in [-0.25, -0.2) is 0 Å². The molecule has 1 unspecified atom stereocenters. The van der Waals surface area contributed by atoms with E-state index in [1.54, 1.807) is 0 Å². The first-order valence-electron chi connectivity index (χ1n) is 8.88. The van der Waals surface area contributed by atoms with Crippen LogP contribution < -0.4 is 10.6 Å². The molecule has 3 heteroatoms. The van der Waals surface area contributed by atoms with E-state index in [1.807, 2.05) is 0 Å². The van der Waals surface area contributed by atoms with Gasteiger partial charge in [-0.3, -0.25) is 4.79 Å². The first-order valence-corrected chi connectivity index (χ1v) is 8.88. The average molecular weight is 300 g/mol. The highest BCUT2D eigenvalue weighted by Gasteiger charge is 2.20. The summed E-state index contributed by atoms with van der Waals surface area (Å²) in [5, 5.41) is 6.56. The highest BCUT2D eigenvalue weighted by atomic mass is 16.1. The summed E-state index contributed by atoms with van der Waals surface area (Å²) < 4.78 is 0. The van der Waals surface area contributed by atoms with Gasteiger partial charge in [0, 0.05) is 18.9 Å². The summed E-state index contributed by atoms with van der Waals surface area (Å²) >= 11 is 0. The topological polar surface area (TPSA) is 41.1 Å². The third-order valence-corrected chi connectivity index (χ3v) is 5.28. The maximum absolute atomic E-state index is 12.1. The summed E-state index contributed by atoms with van der Waals surface area (Å²) in [6, 6.07) is 8.72. The van der Waals surface area contributed by atoms with Crippen LogP contribution in [0.1, 0.15) is 55.6 Å². The molecular formula is C19H28N2O. The van der Waals surface area contributed by atoms with Gasteiger partial charge in [-0.1, -0.05) is 24.3 Å². The number of hydrogen-bond acceptors (Lipinski definition) is 2. The van der Waals surface area contributed by atoms with Gasteiger partial charge in [0.05, 0.1) is 0 Å². The minimum Gasteiger partial charge on any atom is -0.355 e. The Balaban J connectivity index is 1.43. The molecule has 1 aliphatic carbocycles. The van der Waals surface area contributed by atoms with Crippen LogP contribution in [0.2, 0.25) is 0 Å². The Morgan fingerprint density at radius 1 is 1.18 bits per heavy atom. The minimum absolute atomic E-state index is 0.238. The van der Waals surface area contributed by atoms with Crippen molar-refractivity contribution in [1.29, 1.82) is 0 Å². The Morgan fingerprint density at radius 2 is 2.00 bits per heavy atom. The van der Waals surface area contributed by atoms with Gasteiger partial charge in [0.1, 0.15) is 0 Å². The standard InChI is InChI=1S/C19H28N2O/c22-19(9-8-15-10-12-20-13-11-15)21-14-17-6-3-5-16-4-1-2-7-18(16)17/h1-2,4,7,15,17,20H,3,5-6,8-14H2,(H,21,22). The number of aryl methyl sites for hydroxylation is 1. The van der Waals surface area contributed by atoms with Crippen LogP contribution in [0.5, 0.6) is 0 Å². The monoisotopic (exact) mass is 300 g/mol. The molecule has 2 aliphatic rings. The van der Waals surface area contributed by atoms with Gasteiger partial charge in [0.25, 0.3) is 0 Å². The zero-order valence-electron chi connectivity index (χ0n) is 13.4. The molecule has 1 heterocycles. The second kappa shape index (κ2) is 7.77. The van der Waals surface area contributed by atoms with Gasteiger partial charge < -0.3 is 10.6 Å². The number of fused-ring (bicyclic) bond motifs is 1. The fourth-order valence-corrected chi connectivity index (χ4v) is 3.90. The maximum Gasteiger partial charge on any atom is 0.220 e. The fraction of sp³-hybridized carbons (Fsp3) is 0.632. The molecule has 1 aromatic carbocycles. The van der Waals surface area contributed by atoms with Crippen LogP contribution >= 0.6 is 0 Å². The summed E-state index contributed by atoms with van der Waals surface area (Å²) in [7, 11) is 0. The van der Waals surface area contributed by atoms with E-state index in [-0.39, 0.29) is 5.91 Å². The Kier molecular flexibility index (Phi) is 5.49. The lowest BCUT2D eigenvalue weighted by Gasteiger charge is -2.26. The van der Waals surface area contributed by atoms with E-state index in [4.69, 9.17) is 0 Å². The van der Waals surface area contributed by atoms with Crippen molar-refractivity contribution in [1.82, 2.24) is 10.6 Å². The molecule has 1 saturated heterocycles. The number of carbonyl (C=O) groups excluding carboxylic acids is 1. The highest BCUT2D eigenvalue weighted by molar-refractivity contribution is 5.75. The van der Waals surface area contributed by atoms with Crippen molar-refractivity contribution in [2.45, 2.75) is 50.9 Å². The van der Waals surface area contributed by atoms with Crippen molar-refractivity contribution < 1.29 is 4.79 Å². The molecule has 22 heavy (non-hydrogen) atoms. The number of hydrogen-bond donors (Lipinski definition) is 2. The van der Waals surface area contributed by atoms with E-state index < -0.39 is 0 Å². The minimum atomic E-state index is 0.238. The molecule has 2 N–H and O–H groups in total. The van der Waals surface area contributed by atoms with E-state index in [0.717, 1.165) is 32.0 Å². The molecule has 120 valence electrons. The molecule has 0 radical (unpaired) electrons. The smallest absolute Gasteiger partial charge is 0.220 e. The molecular weight excluding hydrogens is 272 g/mol. The van der Waals surface area contributed by atoms with Gasteiger partial charge >= 0.3 is 0 Å². The molecule has 0 saturated carbocycles. The Hall–Kier alpha value is -1.35. The Morgan fingerprint density at radius 3 is 2.86 bits per heavy atom. The summed E-state index contributed by atoms with van der Waals surface area (Å²) in [6.45, 7) is 3.04. The second-order valence-corrected chi connectivity index (χ2v) is 6.82. The van der Waals surface area contributed by atoms with E-state index in [0.29, 0.717) is 12.3 Å². The number of piperidine rings is 1. The molecule has 1 aliphatic heterocycles. The fourth-order valence-electron chi connectivity index (χ4n) is 3.90. The predicted octanol–water partition coefficient (Wildman–Crippen LogP) is 3.00. The highest BCUT2D eigenvalue weighted by Crippen LogP contribution is 2.30. The lowest BCUT2D eigenvalue weighted by molar-refractivity contribution is -0.121. The molecule has 0 bridgehead atoms. The lowest BCUT2D eigenvalue weighted by atomic mass is 9.83. The van der Waals surface area contributed by atoms with E-state index >= 15 is 0 Å². The van der Waals surface area contributed by atoms with Gasteiger partial charge in [-0.05, 0) is 68.7 Å². The van der Waals surface area contributed by atoms with Crippen LogP contribution in [-0.4, -0.2) is 25.5 Å². The van der Waals surface area contributed by atoms with Crippen LogP contribution in [0.3, 0.4) is 0 Å².